The van der Waals surface area contributed by atoms with Gasteiger partial charge in [-0.05, 0) is 68.8 Å². The van der Waals surface area contributed by atoms with Crippen LogP contribution in [0.2, 0.25) is 0 Å². The van der Waals surface area contributed by atoms with Crippen molar-refractivity contribution in [3.63, 3.8) is 0 Å². The van der Waals surface area contributed by atoms with Gasteiger partial charge in [-0.15, -0.1) is 0 Å². The Kier molecular flexibility index (Phi) is 5.06. The lowest BCUT2D eigenvalue weighted by Gasteiger charge is -2.18. The molecule has 1 aliphatic rings. The first-order valence-electron chi connectivity index (χ1n) is 7.27. The molecule has 2 rings (SSSR count). The zero-order valence-electron chi connectivity index (χ0n) is 11.7. The number of hydrogen-bond acceptors (Lipinski definition) is 2. The second kappa shape index (κ2) is 6.79. The van der Waals surface area contributed by atoms with E-state index in [0.717, 1.165) is 18.9 Å². The molecule has 0 bridgehead atoms. The van der Waals surface area contributed by atoms with Gasteiger partial charge in [-0.1, -0.05) is 13.0 Å². The van der Waals surface area contributed by atoms with Crippen LogP contribution in [0.3, 0.4) is 0 Å². The molecule has 1 N–H and O–H groups in total. The lowest BCUT2D eigenvalue weighted by Crippen LogP contribution is -2.32. The molecule has 0 heterocycles. The molecule has 0 amide bonds. The average Bonchev–Trinajstić information content (AvgIpc) is 2.42. The first-order chi connectivity index (χ1) is 8.79. The number of hydrogen-bond donors (Lipinski definition) is 1. The van der Waals surface area contributed by atoms with Crippen molar-refractivity contribution in [2.45, 2.75) is 52.0 Å². The molecule has 0 aliphatic heterocycles. The average molecular weight is 247 g/mol. The molecule has 1 aromatic rings. The van der Waals surface area contributed by atoms with Crippen LogP contribution in [0.5, 0.6) is 5.75 Å². The van der Waals surface area contributed by atoms with Crippen LogP contribution in [0, 0.1) is 0 Å². The fraction of sp³-hybridized carbons (Fsp3) is 0.625. The van der Waals surface area contributed by atoms with Crippen LogP contribution < -0.4 is 10.1 Å². The van der Waals surface area contributed by atoms with Gasteiger partial charge in [-0.2, -0.15) is 0 Å². The first-order valence-corrected chi connectivity index (χ1v) is 7.27. The Balaban J connectivity index is 1.86. The van der Waals surface area contributed by atoms with Gasteiger partial charge in [0.25, 0.3) is 0 Å². The molecule has 2 heteroatoms. The van der Waals surface area contributed by atoms with Crippen molar-refractivity contribution >= 4 is 0 Å². The van der Waals surface area contributed by atoms with Crippen molar-refractivity contribution in [2.24, 2.45) is 0 Å². The minimum Gasteiger partial charge on any atom is -0.492 e. The van der Waals surface area contributed by atoms with E-state index in [1.54, 1.807) is 0 Å². The summed E-state index contributed by atoms with van der Waals surface area (Å²) >= 11 is 0. The summed E-state index contributed by atoms with van der Waals surface area (Å²) in [5, 5.41) is 3.44. The second-order valence-corrected chi connectivity index (χ2v) is 5.30. The van der Waals surface area contributed by atoms with Gasteiger partial charge in [0.2, 0.25) is 0 Å². The van der Waals surface area contributed by atoms with Crippen LogP contribution in [0.4, 0.5) is 0 Å². The SMILES string of the molecule is CCCNC(C)COc1ccc2c(c1)CCCC2. The van der Waals surface area contributed by atoms with Gasteiger partial charge in [-0.25, -0.2) is 0 Å². The maximum Gasteiger partial charge on any atom is 0.119 e. The van der Waals surface area contributed by atoms with E-state index in [1.165, 1.54) is 43.2 Å². The van der Waals surface area contributed by atoms with Gasteiger partial charge in [0.15, 0.2) is 0 Å². The minimum absolute atomic E-state index is 0.418. The maximum atomic E-state index is 5.87. The van der Waals surface area contributed by atoms with Gasteiger partial charge in [0.05, 0.1) is 0 Å². The lowest BCUT2D eigenvalue weighted by atomic mass is 9.92. The van der Waals surface area contributed by atoms with E-state index in [9.17, 15) is 0 Å². The predicted octanol–water partition coefficient (Wildman–Crippen LogP) is 3.33. The second-order valence-electron chi connectivity index (χ2n) is 5.30. The lowest BCUT2D eigenvalue weighted by molar-refractivity contribution is 0.273. The van der Waals surface area contributed by atoms with Crippen LogP contribution in [0.25, 0.3) is 0 Å². The maximum absolute atomic E-state index is 5.87. The van der Waals surface area contributed by atoms with Gasteiger partial charge >= 0.3 is 0 Å². The molecular formula is C16H25NO. The Morgan fingerprint density at radius 2 is 2.00 bits per heavy atom. The molecule has 1 unspecified atom stereocenters. The van der Waals surface area contributed by atoms with Gasteiger partial charge in [-0.3, -0.25) is 0 Å². The standard InChI is InChI=1S/C16H25NO/c1-3-10-17-13(2)12-18-16-9-8-14-6-4-5-7-15(14)11-16/h8-9,11,13,17H,3-7,10,12H2,1-2H3. The zero-order chi connectivity index (χ0) is 12.8. The molecule has 0 saturated carbocycles. The van der Waals surface area contributed by atoms with E-state index in [-0.39, 0.29) is 0 Å². The highest BCUT2D eigenvalue weighted by Crippen LogP contribution is 2.25. The van der Waals surface area contributed by atoms with E-state index < -0.39 is 0 Å². The van der Waals surface area contributed by atoms with Crippen LogP contribution in [0.1, 0.15) is 44.2 Å². The van der Waals surface area contributed by atoms with Crippen LogP contribution in [0.15, 0.2) is 18.2 Å². The summed E-state index contributed by atoms with van der Waals surface area (Å²) in [6, 6.07) is 7.02. The molecule has 100 valence electrons. The summed E-state index contributed by atoms with van der Waals surface area (Å²) in [5.41, 5.74) is 3.01. The van der Waals surface area contributed by atoms with Crippen molar-refractivity contribution in [1.82, 2.24) is 5.32 Å². The van der Waals surface area contributed by atoms with Crippen molar-refractivity contribution < 1.29 is 4.74 Å². The molecule has 18 heavy (non-hydrogen) atoms. The topological polar surface area (TPSA) is 21.3 Å². The third-order valence-electron chi connectivity index (χ3n) is 3.56. The number of benzene rings is 1. The summed E-state index contributed by atoms with van der Waals surface area (Å²) in [4.78, 5) is 0. The number of nitrogens with one attached hydrogen (secondary N) is 1. The van der Waals surface area contributed by atoms with Crippen molar-refractivity contribution in [1.29, 1.82) is 0 Å². The fourth-order valence-electron chi connectivity index (χ4n) is 2.47. The summed E-state index contributed by atoms with van der Waals surface area (Å²) in [6.07, 6.45) is 6.29. The molecule has 0 fully saturated rings. The van der Waals surface area contributed by atoms with Gasteiger partial charge in [0.1, 0.15) is 12.4 Å². The van der Waals surface area contributed by atoms with E-state index >= 15 is 0 Å². The number of ether oxygens (including phenoxy) is 1. The fourth-order valence-corrected chi connectivity index (χ4v) is 2.47. The van der Waals surface area contributed by atoms with Crippen molar-refractivity contribution in [3.05, 3.63) is 29.3 Å². The summed E-state index contributed by atoms with van der Waals surface area (Å²) < 4.78 is 5.87. The highest BCUT2D eigenvalue weighted by Gasteiger charge is 2.10. The van der Waals surface area contributed by atoms with Gasteiger partial charge < -0.3 is 10.1 Å². The van der Waals surface area contributed by atoms with E-state index in [0.29, 0.717) is 6.04 Å². The normalized spacial score (nSPS) is 16.1. The highest BCUT2D eigenvalue weighted by atomic mass is 16.5. The Morgan fingerprint density at radius 3 is 2.78 bits per heavy atom. The van der Waals surface area contributed by atoms with Crippen LogP contribution in [-0.4, -0.2) is 19.2 Å². The molecule has 1 atom stereocenters. The Bertz CT molecular complexity index is 375. The van der Waals surface area contributed by atoms with E-state index in [1.807, 2.05) is 0 Å². The minimum atomic E-state index is 0.418. The van der Waals surface area contributed by atoms with Gasteiger partial charge in [0, 0.05) is 6.04 Å². The number of fused-ring (bicyclic) bond motifs is 1. The largest absolute Gasteiger partial charge is 0.492 e. The third kappa shape index (κ3) is 3.74. The summed E-state index contributed by atoms with van der Waals surface area (Å²) in [5.74, 6) is 1.03. The molecule has 0 saturated heterocycles. The molecule has 1 aliphatic carbocycles. The van der Waals surface area contributed by atoms with E-state index in [4.69, 9.17) is 4.74 Å². The quantitative estimate of drug-likeness (QED) is 0.832. The third-order valence-corrected chi connectivity index (χ3v) is 3.56. The molecule has 2 nitrogen and oxygen atoms in total. The number of rotatable bonds is 6. The van der Waals surface area contributed by atoms with Crippen LogP contribution in [-0.2, 0) is 12.8 Å². The molecule has 0 radical (unpaired) electrons. The van der Waals surface area contributed by atoms with Crippen LogP contribution >= 0.6 is 0 Å². The van der Waals surface area contributed by atoms with Crippen molar-refractivity contribution in [2.75, 3.05) is 13.2 Å². The highest BCUT2D eigenvalue weighted by molar-refractivity contribution is 5.37. The smallest absolute Gasteiger partial charge is 0.119 e. The monoisotopic (exact) mass is 247 g/mol. The number of aryl methyl sites for hydroxylation is 2. The van der Waals surface area contributed by atoms with Crippen molar-refractivity contribution in [3.8, 4) is 5.75 Å². The molecule has 0 aromatic heterocycles. The Hall–Kier alpha value is -1.02. The molecule has 0 spiro atoms. The van der Waals surface area contributed by atoms with E-state index in [2.05, 4.69) is 37.4 Å². The summed E-state index contributed by atoms with van der Waals surface area (Å²) in [6.45, 7) is 6.17. The summed E-state index contributed by atoms with van der Waals surface area (Å²) in [7, 11) is 0. The Labute approximate surface area is 111 Å². The Morgan fingerprint density at radius 1 is 1.22 bits per heavy atom. The first kappa shape index (κ1) is 13.4. The predicted molar refractivity (Wildman–Crippen MR) is 76.3 cm³/mol. The molecule has 1 aromatic carbocycles. The zero-order valence-corrected chi connectivity index (χ0v) is 11.7. The molecular weight excluding hydrogens is 222 g/mol.